The summed E-state index contributed by atoms with van der Waals surface area (Å²) in [5.41, 5.74) is -0.272. The molecule has 4 rings (SSSR count). The lowest BCUT2D eigenvalue weighted by Gasteiger charge is -2.68. The van der Waals surface area contributed by atoms with Crippen LogP contribution in [-0.2, 0) is 28.6 Å². The molecule has 1 aliphatic heterocycles. The molecule has 0 bridgehead atoms. The summed E-state index contributed by atoms with van der Waals surface area (Å²) in [6.45, 7) is 16.1. The van der Waals surface area contributed by atoms with E-state index >= 15 is 0 Å². The molecular formula is C27H40O6. The van der Waals surface area contributed by atoms with Gasteiger partial charge in [0.05, 0.1) is 12.7 Å². The first kappa shape index (κ1) is 24.4. The van der Waals surface area contributed by atoms with Gasteiger partial charge in [0.15, 0.2) is 5.78 Å². The average Bonchev–Trinajstić information content (AvgIpc) is 3.07. The third-order valence-electron chi connectivity index (χ3n) is 9.92. The first-order chi connectivity index (χ1) is 15.3. The second-order valence-electron chi connectivity index (χ2n) is 11.9. The Balaban J connectivity index is 1.97. The van der Waals surface area contributed by atoms with Crippen LogP contribution in [0.3, 0.4) is 0 Å². The molecule has 3 fully saturated rings. The molecule has 6 nitrogen and oxygen atoms in total. The number of ether oxygens (including phenoxy) is 3. The Bertz CT molecular complexity index is 891. The number of hydrogen-bond donors (Lipinski definition) is 0. The Morgan fingerprint density at radius 3 is 2.30 bits per heavy atom. The fraction of sp³-hybridized carbons (Fsp3) is 0.815. The van der Waals surface area contributed by atoms with E-state index in [-0.39, 0.29) is 52.9 Å². The van der Waals surface area contributed by atoms with Crippen LogP contribution >= 0.6 is 0 Å². The molecule has 0 amide bonds. The second kappa shape index (κ2) is 7.93. The molecule has 33 heavy (non-hydrogen) atoms. The Kier molecular flexibility index (Phi) is 5.87. The van der Waals surface area contributed by atoms with Crippen LogP contribution in [0.15, 0.2) is 11.6 Å². The molecule has 0 radical (unpaired) electrons. The fourth-order valence-electron chi connectivity index (χ4n) is 8.78. The minimum absolute atomic E-state index is 0.0204. The van der Waals surface area contributed by atoms with Crippen LogP contribution in [0.5, 0.6) is 0 Å². The molecule has 4 aliphatic rings. The van der Waals surface area contributed by atoms with Gasteiger partial charge >= 0.3 is 11.9 Å². The van der Waals surface area contributed by atoms with Gasteiger partial charge in [-0.25, -0.2) is 0 Å². The second-order valence-corrected chi connectivity index (χ2v) is 11.9. The minimum Gasteiger partial charge on any atom is -0.458 e. The van der Waals surface area contributed by atoms with Gasteiger partial charge in [0.2, 0.25) is 0 Å². The molecule has 2 saturated carbocycles. The highest BCUT2D eigenvalue weighted by molar-refractivity contribution is 5.98. The maximum Gasteiger partial charge on any atom is 0.303 e. The standard InChI is InChI=1S/C27H40O6/c1-14(2)27-13-31-16(4)22(27)26(8)12-10-19-20(30)15(3)9-11-25(19,7)23(26)21(32-17(5)28)24(27)33-18(6)29/h9,14,16,19,21-24H,10-13H2,1-8H3. The first-order valence-electron chi connectivity index (χ1n) is 12.5. The van der Waals surface area contributed by atoms with Gasteiger partial charge in [-0.15, -0.1) is 0 Å². The minimum atomic E-state index is -0.628. The van der Waals surface area contributed by atoms with Gasteiger partial charge in [0, 0.05) is 37.0 Å². The highest BCUT2D eigenvalue weighted by Crippen LogP contribution is 2.71. The normalized spacial score (nSPS) is 46.7. The summed E-state index contributed by atoms with van der Waals surface area (Å²) in [5.74, 6) is -0.560. The molecule has 3 aliphatic carbocycles. The Hall–Kier alpha value is -1.69. The van der Waals surface area contributed by atoms with Crippen molar-refractivity contribution in [2.75, 3.05) is 6.61 Å². The SMILES string of the molecule is CC(=O)OC1C2C3(C)CC=C(C)C(=O)C3CCC2(C)C2C(C)OCC2(C(C)C)C1OC(C)=O. The van der Waals surface area contributed by atoms with Gasteiger partial charge in [0.25, 0.3) is 0 Å². The van der Waals surface area contributed by atoms with Gasteiger partial charge in [0.1, 0.15) is 12.2 Å². The quantitative estimate of drug-likeness (QED) is 0.577. The molecule has 0 aromatic heterocycles. The first-order valence-corrected chi connectivity index (χ1v) is 12.5. The van der Waals surface area contributed by atoms with E-state index in [0.717, 1.165) is 24.8 Å². The zero-order chi connectivity index (χ0) is 24.5. The Morgan fingerprint density at radius 1 is 1.09 bits per heavy atom. The van der Waals surface area contributed by atoms with E-state index in [1.807, 2.05) is 6.92 Å². The van der Waals surface area contributed by atoms with E-state index in [1.165, 1.54) is 13.8 Å². The number of rotatable bonds is 3. The van der Waals surface area contributed by atoms with Crippen molar-refractivity contribution >= 4 is 17.7 Å². The summed E-state index contributed by atoms with van der Waals surface area (Å²) in [4.78, 5) is 38.2. The Labute approximate surface area is 197 Å². The molecule has 0 aromatic carbocycles. The summed E-state index contributed by atoms with van der Waals surface area (Å²) in [6, 6.07) is 0. The van der Waals surface area contributed by atoms with Gasteiger partial charge < -0.3 is 14.2 Å². The van der Waals surface area contributed by atoms with Gasteiger partial charge in [-0.1, -0.05) is 33.8 Å². The van der Waals surface area contributed by atoms with E-state index in [2.05, 4.69) is 40.7 Å². The third kappa shape index (κ3) is 3.26. The van der Waals surface area contributed by atoms with E-state index in [9.17, 15) is 14.4 Å². The summed E-state index contributed by atoms with van der Waals surface area (Å²) in [7, 11) is 0. The zero-order valence-corrected chi connectivity index (χ0v) is 21.4. The average molecular weight is 461 g/mol. The lowest BCUT2D eigenvalue weighted by molar-refractivity contribution is -0.268. The van der Waals surface area contributed by atoms with Crippen molar-refractivity contribution in [3.05, 3.63) is 11.6 Å². The van der Waals surface area contributed by atoms with Crippen LogP contribution in [0.2, 0.25) is 0 Å². The predicted octanol–water partition coefficient (Wildman–Crippen LogP) is 4.50. The van der Waals surface area contributed by atoms with Crippen molar-refractivity contribution in [2.24, 2.45) is 39.9 Å². The number of hydrogen-bond acceptors (Lipinski definition) is 6. The number of carbonyl (C=O) groups excluding carboxylic acids is 3. The largest absolute Gasteiger partial charge is 0.458 e. The smallest absolute Gasteiger partial charge is 0.303 e. The highest BCUT2D eigenvalue weighted by Gasteiger charge is 2.75. The van der Waals surface area contributed by atoms with Crippen LogP contribution in [0, 0.1) is 39.9 Å². The zero-order valence-electron chi connectivity index (χ0n) is 21.4. The molecule has 0 spiro atoms. The highest BCUT2D eigenvalue weighted by atomic mass is 16.6. The molecule has 9 atom stereocenters. The van der Waals surface area contributed by atoms with Crippen LogP contribution in [0.25, 0.3) is 0 Å². The number of fused-ring (bicyclic) bond motifs is 5. The van der Waals surface area contributed by atoms with Crippen molar-refractivity contribution in [3.63, 3.8) is 0 Å². The lowest BCUT2D eigenvalue weighted by atomic mass is 9.37. The molecule has 1 heterocycles. The van der Waals surface area contributed by atoms with Crippen molar-refractivity contribution in [3.8, 4) is 0 Å². The Morgan fingerprint density at radius 2 is 1.73 bits per heavy atom. The van der Waals surface area contributed by atoms with Crippen LogP contribution in [0.4, 0.5) is 0 Å². The molecule has 9 unspecified atom stereocenters. The number of allylic oxidation sites excluding steroid dienone is 2. The van der Waals surface area contributed by atoms with Gasteiger partial charge in [-0.05, 0) is 55.4 Å². The molecule has 184 valence electrons. The van der Waals surface area contributed by atoms with Crippen LogP contribution in [0.1, 0.15) is 74.7 Å². The van der Waals surface area contributed by atoms with Crippen molar-refractivity contribution < 1.29 is 28.6 Å². The predicted molar refractivity (Wildman–Crippen MR) is 123 cm³/mol. The molecule has 6 heteroatoms. The number of ketones is 1. The summed E-state index contributed by atoms with van der Waals surface area (Å²) < 4.78 is 18.6. The topological polar surface area (TPSA) is 78.9 Å². The van der Waals surface area contributed by atoms with Crippen molar-refractivity contribution in [1.82, 2.24) is 0 Å². The maximum atomic E-state index is 13.3. The number of esters is 2. The maximum absolute atomic E-state index is 13.3. The van der Waals surface area contributed by atoms with E-state index in [0.29, 0.717) is 6.61 Å². The monoisotopic (exact) mass is 460 g/mol. The fourth-order valence-corrected chi connectivity index (χ4v) is 8.78. The third-order valence-corrected chi connectivity index (χ3v) is 9.92. The van der Waals surface area contributed by atoms with Crippen LogP contribution < -0.4 is 0 Å². The number of Topliss-reactive ketones (excluding diaryl/α,β-unsaturated/α-hetero) is 1. The van der Waals surface area contributed by atoms with Crippen molar-refractivity contribution in [2.45, 2.75) is 93.0 Å². The lowest BCUT2D eigenvalue weighted by Crippen LogP contribution is -2.72. The van der Waals surface area contributed by atoms with Gasteiger partial charge in [-0.2, -0.15) is 0 Å². The van der Waals surface area contributed by atoms with E-state index in [4.69, 9.17) is 14.2 Å². The summed E-state index contributed by atoms with van der Waals surface area (Å²) in [5, 5.41) is 0. The summed E-state index contributed by atoms with van der Waals surface area (Å²) >= 11 is 0. The van der Waals surface area contributed by atoms with E-state index < -0.39 is 23.0 Å². The van der Waals surface area contributed by atoms with Gasteiger partial charge in [-0.3, -0.25) is 14.4 Å². The molecule has 1 saturated heterocycles. The van der Waals surface area contributed by atoms with Crippen molar-refractivity contribution in [1.29, 1.82) is 0 Å². The summed E-state index contributed by atoms with van der Waals surface area (Å²) in [6.07, 6.45) is 3.20. The molecule has 0 aromatic rings. The molecule has 0 N–H and O–H groups in total. The number of carbonyl (C=O) groups is 3. The van der Waals surface area contributed by atoms with Crippen LogP contribution in [-0.4, -0.2) is 42.6 Å². The molecular weight excluding hydrogens is 420 g/mol. The van der Waals surface area contributed by atoms with E-state index in [1.54, 1.807) is 0 Å².